The van der Waals surface area contributed by atoms with Gasteiger partial charge in [-0.15, -0.1) is 10.2 Å². The molecule has 0 spiro atoms. The maximum Gasteiger partial charge on any atom is 0.309 e. The highest BCUT2D eigenvalue weighted by molar-refractivity contribution is 5.89. The molecule has 6 heteroatoms. The Bertz CT molecular complexity index is 620. The molecule has 1 heterocycles. The molecule has 1 amide bonds. The average molecular weight is 275 g/mol. The van der Waals surface area contributed by atoms with Gasteiger partial charge in [0.05, 0.1) is 5.56 Å². The first-order valence-electron chi connectivity index (χ1n) is 6.63. The molecule has 20 heavy (non-hydrogen) atoms. The molecule has 1 N–H and O–H groups in total. The zero-order chi connectivity index (χ0) is 13.9. The fourth-order valence-electron chi connectivity index (χ4n) is 2.38. The predicted molar refractivity (Wildman–Crippen MR) is 69.4 cm³/mol. The molecule has 0 aliphatic heterocycles. The normalized spacial score (nSPS) is 15.4. The third kappa shape index (κ3) is 2.54. The lowest BCUT2D eigenvalue weighted by Gasteiger charge is -2.08. The summed E-state index contributed by atoms with van der Waals surface area (Å²) in [7, 11) is 0. The number of carbonyl (C=O) groups is 1. The molecule has 0 bridgehead atoms. The number of nitrogens with one attached hydrogen (secondary N) is 1. The van der Waals surface area contributed by atoms with Crippen molar-refractivity contribution in [1.82, 2.24) is 15.5 Å². The number of hydrogen-bond acceptors (Lipinski definition) is 4. The van der Waals surface area contributed by atoms with E-state index in [9.17, 15) is 9.18 Å². The molecule has 1 aliphatic rings. The van der Waals surface area contributed by atoms with E-state index in [1.165, 1.54) is 12.1 Å². The zero-order valence-corrected chi connectivity index (χ0v) is 10.8. The van der Waals surface area contributed by atoms with Gasteiger partial charge in [-0.1, -0.05) is 25.0 Å². The number of halogens is 1. The number of rotatable bonds is 3. The molecule has 1 aromatic heterocycles. The summed E-state index contributed by atoms with van der Waals surface area (Å²) in [6.45, 7) is 0. The Morgan fingerprint density at radius 2 is 2.00 bits per heavy atom. The van der Waals surface area contributed by atoms with E-state index < -0.39 is 11.7 Å². The molecule has 5 nitrogen and oxygen atoms in total. The number of amides is 1. The highest BCUT2D eigenvalue weighted by atomic mass is 19.1. The largest absolute Gasteiger partial charge is 0.412 e. The van der Waals surface area contributed by atoms with Crippen molar-refractivity contribution >= 4 is 5.91 Å². The average Bonchev–Trinajstić information content (AvgIpc) is 3.10. The molecular formula is C14H14FN3O2. The van der Waals surface area contributed by atoms with Gasteiger partial charge in [0.1, 0.15) is 5.82 Å². The lowest BCUT2D eigenvalue weighted by Crippen LogP contribution is -2.32. The summed E-state index contributed by atoms with van der Waals surface area (Å²) in [4.78, 5) is 11.9. The third-order valence-electron chi connectivity index (χ3n) is 3.41. The summed E-state index contributed by atoms with van der Waals surface area (Å²) in [6.07, 6.45) is 4.19. The quantitative estimate of drug-likeness (QED) is 0.934. The Labute approximate surface area is 115 Å². The molecule has 1 saturated carbocycles. The van der Waals surface area contributed by atoms with Crippen molar-refractivity contribution in [2.24, 2.45) is 0 Å². The van der Waals surface area contributed by atoms with E-state index in [1.807, 2.05) is 0 Å². The first kappa shape index (κ1) is 12.8. The molecule has 3 rings (SSSR count). The van der Waals surface area contributed by atoms with Gasteiger partial charge in [0, 0.05) is 6.04 Å². The third-order valence-corrected chi connectivity index (χ3v) is 3.41. The Morgan fingerprint density at radius 3 is 2.75 bits per heavy atom. The predicted octanol–water partition coefficient (Wildman–Crippen LogP) is 2.55. The SMILES string of the molecule is O=C(NC1CCCC1)c1nnc(-c2ccccc2F)o1. The van der Waals surface area contributed by atoms with Gasteiger partial charge >= 0.3 is 11.8 Å². The van der Waals surface area contributed by atoms with Crippen molar-refractivity contribution in [1.29, 1.82) is 0 Å². The standard InChI is InChI=1S/C14H14FN3O2/c15-11-8-4-3-7-10(11)13-17-18-14(20-13)12(19)16-9-5-1-2-6-9/h3-4,7-9H,1-2,5-6H2,(H,16,19). The fourth-order valence-corrected chi connectivity index (χ4v) is 2.38. The summed E-state index contributed by atoms with van der Waals surface area (Å²) in [5, 5.41) is 10.3. The first-order chi connectivity index (χ1) is 9.74. The van der Waals surface area contributed by atoms with E-state index in [-0.39, 0.29) is 23.4 Å². The zero-order valence-electron chi connectivity index (χ0n) is 10.8. The second-order valence-corrected chi connectivity index (χ2v) is 4.85. The molecule has 0 unspecified atom stereocenters. The fraction of sp³-hybridized carbons (Fsp3) is 0.357. The topological polar surface area (TPSA) is 68.0 Å². The van der Waals surface area contributed by atoms with Gasteiger partial charge in [-0.05, 0) is 25.0 Å². The minimum absolute atomic E-state index is 0.0136. The minimum Gasteiger partial charge on any atom is -0.412 e. The van der Waals surface area contributed by atoms with E-state index in [2.05, 4.69) is 15.5 Å². The molecule has 1 aliphatic carbocycles. The molecule has 1 fully saturated rings. The van der Waals surface area contributed by atoms with Gasteiger partial charge in [0.25, 0.3) is 5.89 Å². The van der Waals surface area contributed by atoms with Crippen LogP contribution >= 0.6 is 0 Å². The van der Waals surface area contributed by atoms with Crippen molar-refractivity contribution < 1.29 is 13.6 Å². The minimum atomic E-state index is -0.459. The van der Waals surface area contributed by atoms with Crippen molar-refractivity contribution in [3.8, 4) is 11.5 Å². The number of hydrogen-bond donors (Lipinski definition) is 1. The van der Waals surface area contributed by atoms with Crippen LogP contribution in [0.4, 0.5) is 4.39 Å². The van der Waals surface area contributed by atoms with Crippen LogP contribution in [0.25, 0.3) is 11.5 Å². The van der Waals surface area contributed by atoms with Gasteiger partial charge in [-0.3, -0.25) is 4.79 Å². The van der Waals surface area contributed by atoms with E-state index in [4.69, 9.17) is 4.42 Å². The number of nitrogens with zero attached hydrogens (tertiary/aromatic N) is 2. The molecule has 1 aromatic carbocycles. The maximum absolute atomic E-state index is 13.6. The highest BCUT2D eigenvalue weighted by Crippen LogP contribution is 2.21. The van der Waals surface area contributed by atoms with Gasteiger partial charge < -0.3 is 9.73 Å². The summed E-state index contributed by atoms with van der Waals surface area (Å²) < 4.78 is 18.8. The van der Waals surface area contributed by atoms with Crippen LogP contribution in [-0.2, 0) is 0 Å². The van der Waals surface area contributed by atoms with E-state index in [1.54, 1.807) is 12.1 Å². The molecule has 0 radical (unpaired) electrons. The van der Waals surface area contributed by atoms with Crippen LogP contribution < -0.4 is 5.32 Å². The van der Waals surface area contributed by atoms with Crippen LogP contribution in [0.5, 0.6) is 0 Å². The smallest absolute Gasteiger partial charge is 0.309 e. The molecule has 0 saturated heterocycles. The van der Waals surface area contributed by atoms with Gasteiger partial charge in [0.2, 0.25) is 0 Å². The Morgan fingerprint density at radius 1 is 1.25 bits per heavy atom. The van der Waals surface area contributed by atoms with Crippen molar-refractivity contribution in [3.63, 3.8) is 0 Å². The number of carbonyl (C=O) groups excluding carboxylic acids is 1. The van der Waals surface area contributed by atoms with Crippen LogP contribution in [0.1, 0.15) is 36.4 Å². The second-order valence-electron chi connectivity index (χ2n) is 4.85. The Hall–Kier alpha value is -2.24. The second kappa shape index (κ2) is 5.40. The van der Waals surface area contributed by atoms with Crippen molar-refractivity contribution in [3.05, 3.63) is 36.0 Å². The summed E-state index contributed by atoms with van der Waals surface area (Å²) in [6, 6.07) is 6.25. The summed E-state index contributed by atoms with van der Waals surface area (Å²) in [5.74, 6) is -0.972. The van der Waals surface area contributed by atoms with Crippen LogP contribution in [0.2, 0.25) is 0 Å². The maximum atomic E-state index is 13.6. The molecule has 0 atom stereocenters. The van der Waals surface area contributed by atoms with E-state index >= 15 is 0 Å². The van der Waals surface area contributed by atoms with Crippen LogP contribution in [0, 0.1) is 5.82 Å². The van der Waals surface area contributed by atoms with Crippen molar-refractivity contribution in [2.45, 2.75) is 31.7 Å². The van der Waals surface area contributed by atoms with Gasteiger partial charge in [0.15, 0.2) is 0 Å². The van der Waals surface area contributed by atoms with Crippen LogP contribution in [-0.4, -0.2) is 22.1 Å². The lowest BCUT2D eigenvalue weighted by atomic mass is 10.2. The van der Waals surface area contributed by atoms with E-state index in [0.717, 1.165) is 25.7 Å². The monoisotopic (exact) mass is 275 g/mol. The van der Waals surface area contributed by atoms with E-state index in [0.29, 0.717) is 0 Å². The highest BCUT2D eigenvalue weighted by Gasteiger charge is 2.22. The molecule has 2 aromatic rings. The molecular weight excluding hydrogens is 261 g/mol. The number of benzene rings is 1. The van der Waals surface area contributed by atoms with Crippen LogP contribution in [0.15, 0.2) is 28.7 Å². The summed E-state index contributed by atoms with van der Waals surface area (Å²) >= 11 is 0. The van der Waals surface area contributed by atoms with Gasteiger partial charge in [-0.2, -0.15) is 0 Å². The Kier molecular flexibility index (Phi) is 3.45. The first-order valence-corrected chi connectivity index (χ1v) is 6.63. The van der Waals surface area contributed by atoms with Crippen LogP contribution in [0.3, 0.4) is 0 Å². The van der Waals surface area contributed by atoms with Gasteiger partial charge in [-0.25, -0.2) is 4.39 Å². The Balaban J connectivity index is 1.76. The molecule has 104 valence electrons. The lowest BCUT2D eigenvalue weighted by molar-refractivity contribution is 0.0903. The number of aromatic nitrogens is 2. The van der Waals surface area contributed by atoms with Crippen molar-refractivity contribution in [2.75, 3.05) is 0 Å². The summed E-state index contributed by atoms with van der Waals surface area (Å²) in [5.41, 5.74) is 0.194.